The zero-order valence-electron chi connectivity index (χ0n) is 29.9. The summed E-state index contributed by atoms with van der Waals surface area (Å²) in [5, 5.41) is 21.9. The standard InChI is InChI=1S/C38H56N4O8/c1-5-6-9-17-29-20-21-30(42-38(48)40(37(47)41(29)42)28-15-11-8-12-16-28)34-24-25(2)14-10-7-13-18-31(43)33(50-36(39)46)22-19-26(3)23-32(44)27(4)35(45)49-34/h7-8,10-12,15-16,20-21,25-27,29-34,43-44H,5-6,9,13-14,17-19,22-24H2,1-4H3,(H2,39,46)/b10-7+/t25-,26+,27-,29-,30-,31+,32-,33?,34+/m1/s1. The van der Waals surface area contributed by atoms with Gasteiger partial charge in [0.25, 0.3) is 0 Å². The van der Waals surface area contributed by atoms with Crippen LogP contribution in [-0.4, -0.2) is 60.6 Å². The van der Waals surface area contributed by atoms with Crippen molar-refractivity contribution in [2.24, 2.45) is 23.5 Å². The first-order valence-electron chi connectivity index (χ1n) is 18.3. The van der Waals surface area contributed by atoms with Gasteiger partial charge in [-0.1, -0.05) is 82.5 Å². The second kappa shape index (κ2) is 18.4. The molecule has 4 rings (SSSR count). The Morgan fingerprint density at radius 2 is 1.62 bits per heavy atom. The molecule has 1 aromatic carbocycles. The number of unbranched alkanes of at least 4 members (excludes halogenated alkanes) is 2. The number of aliphatic hydroxyl groups is 2. The lowest BCUT2D eigenvalue weighted by molar-refractivity contribution is -0.160. The Morgan fingerprint density at radius 3 is 2.32 bits per heavy atom. The first-order valence-corrected chi connectivity index (χ1v) is 18.3. The van der Waals surface area contributed by atoms with Gasteiger partial charge in [0.15, 0.2) is 0 Å². The average molecular weight is 697 g/mol. The number of rotatable bonds is 7. The van der Waals surface area contributed by atoms with Crippen molar-refractivity contribution in [1.29, 1.82) is 0 Å². The maximum Gasteiger partial charge on any atom is 0.404 e. The van der Waals surface area contributed by atoms with E-state index < -0.39 is 59.8 Å². The molecular formula is C38H56N4O8. The highest BCUT2D eigenvalue weighted by atomic mass is 16.6. The van der Waals surface area contributed by atoms with Gasteiger partial charge >= 0.3 is 23.4 Å². The topological polar surface area (TPSA) is 168 Å². The molecule has 276 valence electrons. The fourth-order valence-electron chi connectivity index (χ4n) is 7.08. The summed E-state index contributed by atoms with van der Waals surface area (Å²) in [6.07, 6.45) is 10.1. The Balaban J connectivity index is 1.69. The van der Waals surface area contributed by atoms with Crippen LogP contribution < -0.4 is 17.1 Å². The fraction of sp³-hybridized carbons (Fsp3) is 0.632. The molecule has 0 radical (unpaired) electrons. The Morgan fingerprint density at radius 1 is 0.900 bits per heavy atom. The number of nitrogens with zero attached hydrogens (tertiary/aromatic N) is 3. The molecule has 0 fully saturated rings. The number of benzene rings is 1. The summed E-state index contributed by atoms with van der Waals surface area (Å²) in [6, 6.07) is 7.76. The summed E-state index contributed by atoms with van der Waals surface area (Å²) >= 11 is 0. The number of para-hydroxylation sites is 1. The van der Waals surface area contributed by atoms with Crippen LogP contribution in [0, 0.1) is 17.8 Å². The number of nitrogens with two attached hydrogens (primary N) is 1. The molecule has 2 aromatic rings. The number of carbonyl (C=O) groups excluding carboxylic acids is 2. The van der Waals surface area contributed by atoms with Gasteiger partial charge in [-0.25, -0.2) is 28.3 Å². The molecule has 12 heteroatoms. The molecule has 0 aliphatic carbocycles. The molecule has 1 unspecified atom stereocenters. The van der Waals surface area contributed by atoms with Crippen LogP contribution in [0.4, 0.5) is 4.79 Å². The van der Waals surface area contributed by atoms with E-state index in [0.29, 0.717) is 50.6 Å². The average Bonchev–Trinajstić information content (AvgIpc) is 3.35. The molecule has 3 heterocycles. The van der Waals surface area contributed by atoms with Crippen LogP contribution in [0.2, 0.25) is 0 Å². The molecule has 2 aliphatic rings. The van der Waals surface area contributed by atoms with E-state index in [9.17, 15) is 29.4 Å². The number of allylic oxidation sites excluding steroid dienone is 3. The van der Waals surface area contributed by atoms with Crippen molar-refractivity contribution in [3.63, 3.8) is 0 Å². The SMILES string of the molecule is CCCCC[C@@H]1C=C[C@H]([C@@H]2C[C@H](C)C/C=C/CC[C@H](O)C(OC(N)=O)CC[C@H](C)C[C@@H](O)[C@@H](C)C(=O)O2)n2c(=O)n(-c3ccccc3)c(=O)n21. The predicted molar refractivity (Wildman–Crippen MR) is 191 cm³/mol. The summed E-state index contributed by atoms with van der Waals surface area (Å²) < 4.78 is 15.6. The summed E-state index contributed by atoms with van der Waals surface area (Å²) in [4.78, 5) is 53.5. The van der Waals surface area contributed by atoms with Crippen molar-refractivity contribution < 1.29 is 29.3 Å². The van der Waals surface area contributed by atoms with Gasteiger partial charge in [0.2, 0.25) is 0 Å². The van der Waals surface area contributed by atoms with Crippen LogP contribution in [0.3, 0.4) is 0 Å². The van der Waals surface area contributed by atoms with Crippen LogP contribution in [0.5, 0.6) is 0 Å². The van der Waals surface area contributed by atoms with Crippen LogP contribution in [0.1, 0.15) is 110 Å². The van der Waals surface area contributed by atoms with Crippen molar-refractivity contribution in [3.05, 3.63) is 75.6 Å². The minimum atomic E-state index is -1.03. The van der Waals surface area contributed by atoms with Gasteiger partial charge in [0.1, 0.15) is 18.2 Å². The molecule has 0 saturated carbocycles. The van der Waals surface area contributed by atoms with Crippen LogP contribution in [0.25, 0.3) is 5.69 Å². The van der Waals surface area contributed by atoms with Gasteiger partial charge in [-0.15, -0.1) is 0 Å². The maximum absolute atomic E-state index is 14.2. The molecule has 50 heavy (non-hydrogen) atoms. The molecule has 0 saturated heterocycles. The van der Waals surface area contributed by atoms with Crippen molar-refractivity contribution >= 4 is 12.1 Å². The Kier molecular flexibility index (Phi) is 14.3. The molecule has 2 aliphatic heterocycles. The van der Waals surface area contributed by atoms with E-state index in [2.05, 4.69) is 6.92 Å². The lowest BCUT2D eigenvalue weighted by Crippen LogP contribution is -2.43. The third kappa shape index (κ3) is 9.87. The van der Waals surface area contributed by atoms with Crippen molar-refractivity contribution in [2.75, 3.05) is 0 Å². The van der Waals surface area contributed by atoms with E-state index in [4.69, 9.17) is 15.2 Å². The zero-order chi connectivity index (χ0) is 36.4. The van der Waals surface area contributed by atoms with E-state index in [1.54, 1.807) is 31.2 Å². The number of aliphatic hydroxyl groups excluding tert-OH is 2. The molecule has 0 bridgehead atoms. The third-order valence-electron chi connectivity index (χ3n) is 10.1. The highest BCUT2D eigenvalue weighted by molar-refractivity contribution is 5.73. The zero-order valence-corrected chi connectivity index (χ0v) is 29.9. The predicted octanol–water partition coefficient (Wildman–Crippen LogP) is 5.34. The lowest BCUT2D eigenvalue weighted by atomic mass is 9.89. The number of hydrogen-bond donors (Lipinski definition) is 3. The summed E-state index contributed by atoms with van der Waals surface area (Å²) in [6.45, 7) is 7.69. The van der Waals surface area contributed by atoms with Crippen molar-refractivity contribution in [3.8, 4) is 5.69 Å². The highest BCUT2D eigenvalue weighted by Crippen LogP contribution is 2.32. The lowest BCUT2D eigenvalue weighted by Gasteiger charge is -2.34. The van der Waals surface area contributed by atoms with Crippen LogP contribution >= 0.6 is 0 Å². The number of aromatic nitrogens is 3. The first-order chi connectivity index (χ1) is 23.9. The van der Waals surface area contributed by atoms with E-state index in [-0.39, 0.29) is 24.3 Å². The number of esters is 1. The van der Waals surface area contributed by atoms with E-state index in [1.165, 1.54) is 13.9 Å². The number of primary amides is 1. The van der Waals surface area contributed by atoms with Gasteiger partial charge in [-0.05, 0) is 82.3 Å². The molecular weight excluding hydrogens is 640 g/mol. The molecule has 4 N–H and O–H groups in total. The third-order valence-corrected chi connectivity index (χ3v) is 10.1. The number of ether oxygens (including phenoxy) is 2. The normalized spacial score (nSPS) is 30.8. The highest BCUT2D eigenvalue weighted by Gasteiger charge is 2.37. The molecule has 9 atom stereocenters. The van der Waals surface area contributed by atoms with Crippen molar-refractivity contribution in [2.45, 2.75) is 135 Å². The Labute approximate surface area is 294 Å². The molecule has 12 nitrogen and oxygen atoms in total. The Hall–Kier alpha value is -3.90. The molecule has 1 amide bonds. The van der Waals surface area contributed by atoms with E-state index in [1.807, 2.05) is 44.2 Å². The molecule has 1 aromatic heterocycles. The smallest absolute Gasteiger partial charge is 0.404 e. The van der Waals surface area contributed by atoms with E-state index >= 15 is 0 Å². The Bertz CT molecular complexity index is 1580. The summed E-state index contributed by atoms with van der Waals surface area (Å²) in [5.41, 5.74) is 4.79. The summed E-state index contributed by atoms with van der Waals surface area (Å²) in [7, 11) is 0. The number of amides is 1. The second-order valence-corrected chi connectivity index (χ2v) is 14.3. The van der Waals surface area contributed by atoms with Gasteiger partial charge in [-0.2, -0.15) is 0 Å². The fourth-order valence-corrected chi connectivity index (χ4v) is 7.08. The number of hydrogen-bond acceptors (Lipinski definition) is 8. The van der Waals surface area contributed by atoms with Gasteiger partial charge in [0.05, 0.1) is 29.9 Å². The van der Waals surface area contributed by atoms with Gasteiger partial charge in [-0.3, -0.25) is 4.79 Å². The summed E-state index contributed by atoms with van der Waals surface area (Å²) in [5.74, 6) is -1.54. The number of carbonyl (C=O) groups is 2. The van der Waals surface area contributed by atoms with Gasteiger partial charge in [0, 0.05) is 0 Å². The monoisotopic (exact) mass is 696 g/mol. The quantitative estimate of drug-likeness (QED) is 0.198. The maximum atomic E-state index is 14.2. The molecule has 0 spiro atoms. The number of cyclic esters (lactones) is 1. The van der Waals surface area contributed by atoms with Crippen LogP contribution in [-0.2, 0) is 14.3 Å². The minimum absolute atomic E-state index is 0.00168. The minimum Gasteiger partial charge on any atom is -0.459 e. The van der Waals surface area contributed by atoms with Crippen molar-refractivity contribution in [1.82, 2.24) is 13.9 Å². The van der Waals surface area contributed by atoms with Gasteiger partial charge < -0.3 is 25.4 Å². The van der Waals surface area contributed by atoms with Crippen LogP contribution in [0.15, 0.2) is 64.2 Å². The van der Waals surface area contributed by atoms with E-state index in [0.717, 1.165) is 19.3 Å². The number of fused-ring (bicyclic) bond motifs is 1. The second-order valence-electron chi connectivity index (χ2n) is 14.3. The first kappa shape index (κ1) is 38.9. The largest absolute Gasteiger partial charge is 0.459 e.